The number of nitrogens with zero attached hydrogens (tertiary/aromatic N) is 2. The van der Waals surface area contributed by atoms with Crippen LogP contribution in [0, 0.1) is 0 Å². The molecular formula is C20H30N2O. The van der Waals surface area contributed by atoms with Crippen LogP contribution in [0.25, 0.3) is 0 Å². The van der Waals surface area contributed by atoms with E-state index in [-0.39, 0.29) is 0 Å². The van der Waals surface area contributed by atoms with Gasteiger partial charge in [0.1, 0.15) is 0 Å². The van der Waals surface area contributed by atoms with Crippen LogP contribution < -0.4 is 0 Å². The number of piperidine rings is 1. The van der Waals surface area contributed by atoms with Crippen LogP contribution in [0.5, 0.6) is 0 Å². The molecule has 3 aliphatic rings. The highest BCUT2D eigenvalue weighted by Crippen LogP contribution is 2.43. The summed E-state index contributed by atoms with van der Waals surface area (Å²) in [5.74, 6) is 0. The van der Waals surface area contributed by atoms with E-state index in [9.17, 15) is 0 Å². The van der Waals surface area contributed by atoms with Gasteiger partial charge in [-0.3, -0.25) is 4.90 Å². The Morgan fingerprint density at radius 2 is 1.96 bits per heavy atom. The minimum atomic E-state index is 0.364. The number of fused-ring (bicyclic) bond motifs is 2. The normalized spacial score (nSPS) is 28.4. The lowest BCUT2D eigenvalue weighted by Gasteiger charge is -2.50. The second-order valence-electron chi connectivity index (χ2n) is 7.99. The Morgan fingerprint density at radius 3 is 2.65 bits per heavy atom. The average Bonchev–Trinajstić information content (AvgIpc) is 3.10. The summed E-state index contributed by atoms with van der Waals surface area (Å²) >= 11 is 0. The van der Waals surface area contributed by atoms with E-state index < -0.39 is 0 Å². The third-order valence-electron chi connectivity index (χ3n) is 6.38. The van der Waals surface area contributed by atoms with Crippen LogP contribution >= 0.6 is 0 Å². The van der Waals surface area contributed by atoms with Crippen molar-refractivity contribution in [3.63, 3.8) is 0 Å². The number of hydrogen-bond acceptors (Lipinski definition) is 3. The summed E-state index contributed by atoms with van der Waals surface area (Å²) in [6, 6.07) is 10.5. The van der Waals surface area contributed by atoms with E-state index in [0.717, 1.165) is 19.8 Å². The molecule has 0 aliphatic carbocycles. The number of likely N-dealkylation sites (tertiary alicyclic amines) is 1. The largest absolute Gasteiger partial charge is 0.380 e. The van der Waals surface area contributed by atoms with Gasteiger partial charge in [-0.15, -0.1) is 0 Å². The highest BCUT2D eigenvalue weighted by Gasteiger charge is 2.43. The minimum Gasteiger partial charge on any atom is -0.380 e. The second-order valence-corrected chi connectivity index (χ2v) is 7.99. The molecule has 23 heavy (non-hydrogen) atoms. The smallest absolute Gasteiger partial charge is 0.0622 e. The molecule has 0 aromatic heterocycles. The molecule has 3 heterocycles. The molecule has 0 radical (unpaired) electrons. The van der Waals surface area contributed by atoms with Gasteiger partial charge < -0.3 is 9.64 Å². The molecule has 1 spiro atoms. The zero-order valence-corrected chi connectivity index (χ0v) is 14.6. The fourth-order valence-electron chi connectivity index (χ4n) is 4.89. The summed E-state index contributed by atoms with van der Waals surface area (Å²) in [6.07, 6.45) is 3.80. The molecule has 0 bridgehead atoms. The van der Waals surface area contributed by atoms with E-state index in [4.69, 9.17) is 4.74 Å². The van der Waals surface area contributed by atoms with Gasteiger partial charge in [-0.2, -0.15) is 0 Å². The van der Waals surface area contributed by atoms with E-state index >= 15 is 0 Å². The summed E-state index contributed by atoms with van der Waals surface area (Å²) < 4.78 is 5.67. The van der Waals surface area contributed by atoms with Crippen LogP contribution in [-0.4, -0.2) is 54.7 Å². The lowest BCUT2D eigenvalue weighted by molar-refractivity contribution is 0.0575. The molecule has 1 aromatic rings. The van der Waals surface area contributed by atoms with Crippen molar-refractivity contribution >= 4 is 0 Å². The first-order valence-electron chi connectivity index (χ1n) is 9.32. The van der Waals surface area contributed by atoms with E-state index in [1.54, 1.807) is 11.1 Å². The Bertz CT molecular complexity index is 542. The van der Waals surface area contributed by atoms with Crippen LogP contribution in [0.15, 0.2) is 24.3 Å². The first-order valence-corrected chi connectivity index (χ1v) is 9.32. The van der Waals surface area contributed by atoms with Gasteiger partial charge in [0, 0.05) is 37.2 Å². The van der Waals surface area contributed by atoms with Gasteiger partial charge in [0.25, 0.3) is 0 Å². The molecule has 3 nitrogen and oxygen atoms in total. The monoisotopic (exact) mass is 314 g/mol. The third-order valence-corrected chi connectivity index (χ3v) is 6.38. The number of hydrogen-bond donors (Lipinski definition) is 0. The van der Waals surface area contributed by atoms with Gasteiger partial charge in [-0.1, -0.05) is 24.3 Å². The van der Waals surface area contributed by atoms with E-state index in [1.807, 2.05) is 0 Å². The van der Waals surface area contributed by atoms with Gasteiger partial charge in [-0.05, 0) is 57.3 Å². The van der Waals surface area contributed by atoms with Crippen molar-refractivity contribution in [3.05, 3.63) is 35.4 Å². The summed E-state index contributed by atoms with van der Waals surface area (Å²) in [4.78, 5) is 5.37. The molecule has 2 saturated heterocycles. The predicted octanol–water partition coefficient (Wildman–Crippen LogP) is 3.03. The molecule has 2 fully saturated rings. The Hall–Kier alpha value is -0.900. The second kappa shape index (κ2) is 6.19. The quantitative estimate of drug-likeness (QED) is 0.834. The zero-order valence-electron chi connectivity index (χ0n) is 14.6. The molecule has 0 N–H and O–H groups in total. The first kappa shape index (κ1) is 15.6. The van der Waals surface area contributed by atoms with Crippen LogP contribution in [0.1, 0.15) is 44.2 Å². The van der Waals surface area contributed by atoms with Crippen LogP contribution in [0.4, 0.5) is 0 Å². The lowest BCUT2D eigenvalue weighted by atomic mass is 9.68. The van der Waals surface area contributed by atoms with Crippen molar-refractivity contribution in [2.24, 2.45) is 0 Å². The minimum absolute atomic E-state index is 0.364. The summed E-state index contributed by atoms with van der Waals surface area (Å²) in [5, 5.41) is 0. The standard InChI is InChI=1S/C20H30N2O/c1-16(2)21-10-8-20(9-11-21)15-22(18-7-12-23-14-18)13-17-5-3-4-6-19(17)20/h3-6,16,18H,7-15H2,1-2H3. The average molecular weight is 314 g/mol. The van der Waals surface area contributed by atoms with E-state index in [0.29, 0.717) is 17.5 Å². The fourth-order valence-corrected chi connectivity index (χ4v) is 4.89. The molecule has 0 saturated carbocycles. The zero-order chi connectivity index (χ0) is 15.9. The van der Waals surface area contributed by atoms with Crippen molar-refractivity contribution in [1.29, 1.82) is 0 Å². The Kier molecular flexibility index (Phi) is 4.21. The maximum Gasteiger partial charge on any atom is 0.0622 e. The van der Waals surface area contributed by atoms with Gasteiger partial charge in [0.2, 0.25) is 0 Å². The molecule has 3 heteroatoms. The third kappa shape index (κ3) is 2.84. The maximum absolute atomic E-state index is 5.67. The van der Waals surface area contributed by atoms with Crippen LogP contribution in [-0.2, 0) is 16.7 Å². The predicted molar refractivity (Wildman–Crippen MR) is 93.7 cm³/mol. The molecule has 0 amide bonds. The highest BCUT2D eigenvalue weighted by molar-refractivity contribution is 5.38. The van der Waals surface area contributed by atoms with Gasteiger partial charge >= 0.3 is 0 Å². The highest BCUT2D eigenvalue weighted by atomic mass is 16.5. The molecule has 126 valence electrons. The number of benzene rings is 1. The Morgan fingerprint density at radius 1 is 1.17 bits per heavy atom. The molecule has 3 aliphatic heterocycles. The van der Waals surface area contributed by atoms with Crippen molar-refractivity contribution < 1.29 is 4.74 Å². The van der Waals surface area contributed by atoms with Crippen molar-refractivity contribution in [2.75, 3.05) is 32.8 Å². The Balaban J connectivity index is 1.62. The van der Waals surface area contributed by atoms with Gasteiger partial charge in [0.05, 0.1) is 6.61 Å². The van der Waals surface area contributed by atoms with Crippen molar-refractivity contribution in [2.45, 2.75) is 57.2 Å². The maximum atomic E-state index is 5.67. The molecule has 1 unspecified atom stereocenters. The number of rotatable bonds is 2. The fraction of sp³-hybridized carbons (Fsp3) is 0.700. The molecule has 1 aromatic carbocycles. The van der Waals surface area contributed by atoms with Crippen LogP contribution in [0.3, 0.4) is 0 Å². The van der Waals surface area contributed by atoms with Crippen molar-refractivity contribution in [1.82, 2.24) is 9.80 Å². The summed E-state index contributed by atoms with van der Waals surface area (Å²) in [6.45, 7) is 11.3. The number of ether oxygens (including phenoxy) is 1. The van der Waals surface area contributed by atoms with Crippen molar-refractivity contribution in [3.8, 4) is 0 Å². The van der Waals surface area contributed by atoms with Crippen LogP contribution in [0.2, 0.25) is 0 Å². The van der Waals surface area contributed by atoms with Gasteiger partial charge in [0.15, 0.2) is 0 Å². The van der Waals surface area contributed by atoms with E-state index in [2.05, 4.69) is 47.9 Å². The molecule has 4 rings (SSSR count). The SMILES string of the molecule is CC(C)N1CCC2(CC1)CN(C1CCOC1)Cc1ccccc12. The summed E-state index contributed by atoms with van der Waals surface area (Å²) in [7, 11) is 0. The van der Waals surface area contributed by atoms with E-state index in [1.165, 1.54) is 38.9 Å². The summed E-state index contributed by atoms with van der Waals surface area (Å²) in [5.41, 5.74) is 3.56. The molecule has 1 atom stereocenters. The Labute approximate surface area is 140 Å². The molecular weight excluding hydrogens is 284 g/mol. The lowest BCUT2D eigenvalue weighted by Crippen LogP contribution is -2.55. The first-order chi connectivity index (χ1) is 11.2. The van der Waals surface area contributed by atoms with Gasteiger partial charge in [-0.25, -0.2) is 0 Å². The topological polar surface area (TPSA) is 15.7 Å².